The summed E-state index contributed by atoms with van der Waals surface area (Å²) in [4.78, 5) is 23.6. The van der Waals surface area contributed by atoms with Crippen molar-refractivity contribution in [1.82, 2.24) is 9.99 Å². The first-order chi connectivity index (χ1) is 21.7. The van der Waals surface area contributed by atoms with Gasteiger partial charge in [0.15, 0.2) is 17.3 Å². The maximum atomic E-state index is 12.6. The molecule has 10 nitrogen and oxygen atoms in total. The molecule has 3 aromatic carbocycles. The van der Waals surface area contributed by atoms with Gasteiger partial charge in [-0.25, -0.2) is 10.2 Å². The number of carbonyl (C=O) groups is 2. The molecule has 0 atom stereocenters. The summed E-state index contributed by atoms with van der Waals surface area (Å²) in [5, 5.41) is 13.3. The number of aryl methyl sites for hydroxylation is 2. The Morgan fingerprint density at radius 3 is 2.31 bits per heavy atom. The lowest BCUT2D eigenvalue weighted by Crippen LogP contribution is -2.16. The van der Waals surface area contributed by atoms with Gasteiger partial charge in [0, 0.05) is 17.1 Å². The van der Waals surface area contributed by atoms with Gasteiger partial charge in [0.1, 0.15) is 24.7 Å². The van der Waals surface area contributed by atoms with E-state index in [2.05, 4.69) is 41.1 Å². The molecule has 0 saturated heterocycles. The van der Waals surface area contributed by atoms with Crippen molar-refractivity contribution in [3.05, 3.63) is 130 Å². The molecule has 2 heterocycles. The van der Waals surface area contributed by atoms with E-state index >= 15 is 0 Å². The van der Waals surface area contributed by atoms with Crippen LogP contribution in [0.2, 0.25) is 5.02 Å². The first kappa shape index (κ1) is 31.0. The number of benzene rings is 3. The second-order valence-corrected chi connectivity index (χ2v) is 10.4. The van der Waals surface area contributed by atoms with Crippen LogP contribution < -0.4 is 19.6 Å². The third-order valence-electron chi connectivity index (χ3n) is 6.85. The number of aromatic nitrogens is 1. The molecule has 0 aliphatic carbocycles. The number of hydrogen-bond donors (Lipinski definition) is 2. The molecule has 5 rings (SSSR count). The molecule has 11 heteroatoms. The molecule has 45 heavy (non-hydrogen) atoms. The summed E-state index contributed by atoms with van der Waals surface area (Å²) in [6.07, 6.45) is 1.41. The summed E-state index contributed by atoms with van der Waals surface area (Å²) >= 11 is 6.44. The highest BCUT2D eigenvalue weighted by atomic mass is 35.5. The summed E-state index contributed by atoms with van der Waals surface area (Å²) in [6, 6.07) is 24.7. The minimum atomic E-state index is -1.00. The van der Waals surface area contributed by atoms with E-state index in [1.807, 2.05) is 24.3 Å². The van der Waals surface area contributed by atoms with Crippen LogP contribution in [0.4, 0.5) is 0 Å². The van der Waals surface area contributed by atoms with Crippen LogP contribution in [0.3, 0.4) is 0 Å². The molecule has 0 spiro atoms. The number of methoxy groups -OCH3 is 1. The van der Waals surface area contributed by atoms with Gasteiger partial charge in [-0.2, -0.15) is 5.10 Å². The second kappa shape index (κ2) is 13.9. The third-order valence-corrected chi connectivity index (χ3v) is 7.13. The Morgan fingerprint density at radius 1 is 0.933 bits per heavy atom. The fourth-order valence-electron chi connectivity index (χ4n) is 4.57. The Kier molecular flexibility index (Phi) is 9.54. The van der Waals surface area contributed by atoms with Crippen molar-refractivity contribution in [2.24, 2.45) is 5.10 Å². The Labute approximate surface area is 264 Å². The number of ether oxygens (including phenoxy) is 3. The zero-order chi connectivity index (χ0) is 31.9. The summed E-state index contributed by atoms with van der Waals surface area (Å²) in [6.45, 7) is 4.42. The predicted molar refractivity (Wildman–Crippen MR) is 169 cm³/mol. The van der Waals surface area contributed by atoms with Gasteiger partial charge in [-0.3, -0.25) is 4.79 Å². The van der Waals surface area contributed by atoms with Gasteiger partial charge in [-0.1, -0.05) is 23.7 Å². The van der Waals surface area contributed by atoms with Crippen LogP contribution in [0.1, 0.15) is 49.2 Å². The van der Waals surface area contributed by atoms with Crippen molar-refractivity contribution < 1.29 is 33.3 Å². The molecule has 0 saturated carbocycles. The van der Waals surface area contributed by atoms with Crippen LogP contribution in [0.15, 0.2) is 94.4 Å². The number of nitrogens with one attached hydrogen (secondary N) is 1. The maximum absolute atomic E-state index is 12.6. The quantitative estimate of drug-likeness (QED) is 0.113. The molecule has 0 fully saturated rings. The van der Waals surface area contributed by atoms with Crippen LogP contribution in [-0.4, -0.2) is 34.9 Å². The van der Waals surface area contributed by atoms with E-state index in [4.69, 9.17) is 35.3 Å². The molecule has 2 aromatic heterocycles. The minimum Gasteiger partial charge on any atom is -0.493 e. The van der Waals surface area contributed by atoms with Crippen molar-refractivity contribution in [2.75, 3.05) is 7.11 Å². The van der Waals surface area contributed by atoms with Crippen molar-refractivity contribution >= 4 is 29.7 Å². The molecule has 0 radical (unpaired) electrons. The van der Waals surface area contributed by atoms with Gasteiger partial charge in [-0.05, 0) is 97.8 Å². The number of amides is 1. The normalized spacial score (nSPS) is 11.0. The lowest BCUT2D eigenvalue weighted by atomic mass is 10.1. The van der Waals surface area contributed by atoms with Crippen LogP contribution >= 0.6 is 11.6 Å². The summed E-state index contributed by atoms with van der Waals surface area (Å²) in [5.74, 6) is 0.369. The molecule has 0 aliphatic rings. The number of aromatic carboxylic acids is 1. The number of halogens is 1. The highest BCUT2D eigenvalue weighted by Crippen LogP contribution is 2.36. The van der Waals surface area contributed by atoms with E-state index in [1.54, 1.807) is 36.4 Å². The predicted octanol–water partition coefficient (Wildman–Crippen LogP) is 6.97. The van der Waals surface area contributed by atoms with Crippen molar-refractivity contribution in [3.63, 3.8) is 0 Å². The molecule has 230 valence electrons. The molecule has 1 amide bonds. The van der Waals surface area contributed by atoms with Crippen LogP contribution in [-0.2, 0) is 13.2 Å². The lowest BCUT2D eigenvalue weighted by Gasteiger charge is -2.13. The fourth-order valence-corrected chi connectivity index (χ4v) is 4.85. The molecule has 0 unspecified atom stereocenters. The minimum absolute atomic E-state index is 0.0791. The van der Waals surface area contributed by atoms with E-state index in [-0.39, 0.29) is 29.6 Å². The Bertz CT molecular complexity index is 1820. The Hall–Kier alpha value is -5.48. The van der Waals surface area contributed by atoms with E-state index in [0.717, 1.165) is 22.6 Å². The number of carboxylic acids is 1. The van der Waals surface area contributed by atoms with Crippen molar-refractivity contribution in [3.8, 4) is 22.9 Å². The first-order valence-electron chi connectivity index (χ1n) is 13.8. The van der Waals surface area contributed by atoms with Crippen molar-refractivity contribution in [2.45, 2.75) is 27.1 Å². The SMILES string of the molecule is COc1cc(/C=N/NC(=O)c2ccc(COc3ccc(-n4c(C)ccc4C)cc3)o2)cc(Cl)c1OCc1ccc(C(=O)O)cc1. The number of carbonyl (C=O) groups excluding carboxylic acids is 1. The lowest BCUT2D eigenvalue weighted by molar-refractivity contribution is 0.0696. The summed E-state index contributed by atoms with van der Waals surface area (Å²) in [5.41, 5.74) is 7.27. The fraction of sp³-hybridized carbons (Fsp3) is 0.147. The van der Waals surface area contributed by atoms with E-state index < -0.39 is 11.9 Å². The van der Waals surface area contributed by atoms with Gasteiger partial charge in [-0.15, -0.1) is 0 Å². The highest BCUT2D eigenvalue weighted by molar-refractivity contribution is 6.32. The standard InChI is InChI=1S/C34H30ClN3O7/c1-21-4-5-22(2)38(21)26-10-12-27(13-11-26)43-20-28-14-15-30(45-28)33(39)37-36-18-24-16-29(35)32(31(17-24)42-3)44-19-23-6-8-25(9-7-23)34(40)41/h4-18H,19-20H2,1-3H3,(H,37,39)(H,40,41)/b36-18+. The zero-order valence-electron chi connectivity index (χ0n) is 24.7. The number of nitrogens with zero attached hydrogens (tertiary/aromatic N) is 2. The van der Waals surface area contributed by atoms with Crippen LogP contribution in [0.25, 0.3) is 5.69 Å². The number of rotatable bonds is 12. The van der Waals surface area contributed by atoms with E-state index in [1.165, 1.54) is 25.5 Å². The molecule has 5 aromatic rings. The van der Waals surface area contributed by atoms with Gasteiger partial charge < -0.3 is 28.3 Å². The number of carboxylic acid groups (broad SMARTS) is 1. The molecule has 0 bridgehead atoms. The topological polar surface area (TPSA) is 125 Å². The number of hydrogen-bond acceptors (Lipinski definition) is 7. The number of furan rings is 1. The van der Waals surface area contributed by atoms with Gasteiger partial charge in [0.05, 0.1) is 23.9 Å². The zero-order valence-corrected chi connectivity index (χ0v) is 25.5. The van der Waals surface area contributed by atoms with Gasteiger partial charge >= 0.3 is 11.9 Å². The highest BCUT2D eigenvalue weighted by Gasteiger charge is 2.14. The van der Waals surface area contributed by atoms with Crippen LogP contribution in [0, 0.1) is 13.8 Å². The van der Waals surface area contributed by atoms with Crippen molar-refractivity contribution in [1.29, 1.82) is 0 Å². The average Bonchev–Trinajstić information content (AvgIpc) is 3.65. The molecular formula is C34H30ClN3O7. The van der Waals surface area contributed by atoms with E-state index in [0.29, 0.717) is 28.6 Å². The first-order valence-corrected chi connectivity index (χ1v) is 14.2. The number of hydrazone groups is 1. The van der Waals surface area contributed by atoms with Gasteiger partial charge in [0.25, 0.3) is 0 Å². The molecule has 0 aliphatic heterocycles. The molecule has 2 N–H and O–H groups in total. The monoisotopic (exact) mass is 627 g/mol. The third kappa shape index (κ3) is 7.54. The van der Waals surface area contributed by atoms with E-state index in [9.17, 15) is 9.59 Å². The molecular weight excluding hydrogens is 598 g/mol. The average molecular weight is 628 g/mol. The van der Waals surface area contributed by atoms with Crippen LogP contribution in [0.5, 0.6) is 17.2 Å². The largest absolute Gasteiger partial charge is 0.493 e. The summed E-state index contributed by atoms with van der Waals surface area (Å²) in [7, 11) is 1.47. The second-order valence-electron chi connectivity index (χ2n) is 10.0. The van der Waals surface area contributed by atoms with Gasteiger partial charge in [0.2, 0.25) is 0 Å². The Balaban J connectivity index is 1.14. The smallest absolute Gasteiger partial charge is 0.335 e. The maximum Gasteiger partial charge on any atom is 0.335 e. The Morgan fingerprint density at radius 2 is 1.64 bits per heavy atom. The summed E-state index contributed by atoms with van der Waals surface area (Å²) < 4.78 is 24.9.